The van der Waals surface area contributed by atoms with E-state index < -0.39 is 12.1 Å². The maximum absolute atomic E-state index is 12.1. The number of nitrogens with one attached hydrogen (secondary N) is 1. The number of ether oxygens (including phenoxy) is 1. The Kier molecular flexibility index (Phi) is 7.32. The summed E-state index contributed by atoms with van der Waals surface area (Å²) in [6, 6.07) is 0.0256. The Morgan fingerprint density at radius 2 is 2.15 bits per heavy atom. The van der Waals surface area contributed by atoms with E-state index in [0.717, 1.165) is 19.3 Å². The first-order valence-corrected chi connectivity index (χ1v) is 6.98. The summed E-state index contributed by atoms with van der Waals surface area (Å²) < 4.78 is 5.02. The van der Waals surface area contributed by atoms with Gasteiger partial charge in [0.25, 0.3) is 0 Å². The summed E-state index contributed by atoms with van der Waals surface area (Å²) >= 11 is 0. The highest BCUT2D eigenvalue weighted by Crippen LogP contribution is 2.24. The molecule has 1 fully saturated rings. The van der Waals surface area contributed by atoms with Crippen molar-refractivity contribution < 1.29 is 24.5 Å². The van der Waals surface area contributed by atoms with Crippen molar-refractivity contribution in [3.63, 3.8) is 0 Å². The van der Waals surface area contributed by atoms with Crippen LogP contribution < -0.4 is 5.32 Å². The Hall–Kier alpha value is -1.34. The number of hydrogen-bond acceptors (Lipinski definition) is 4. The molecule has 3 N–H and O–H groups in total. The predicted molar refractivity (Wildman–Crippen MR) is 72.5 cm³/mol. The molecule has 2 amide bonds. The molecule has 0 saturated heterocycles. The summed E-state index contributed by atoms with van der Waals surface area (Å²) in [6.07, 6.45) is 2.97. The molecule has 1 atom stereocenters. The van der Waals surface area contributed by atoms with Gasteiger partial charge in [0.15, 0.2) is 0 Å². The molecule has 20 heavy (non-hydrogen) atoms. The molecule has 1 saturated carbocycles. The van der Waals surface area contributed by atoms with Crippen LogP contribution in [0.2, 0.25) is 0 Å². The number of hydrogen-bond donors (Lipinski definition) is 3. The molecule has 7 nitrogen and oxygen atoms in total. The van der Waals surface area contributed by atoms with Gasteiger partial charge in [0, 0.05) is 32.8 Å². The molecule has 0 aliphatic heterocycles. The monoisotopic (exact) mass is 288 g/mol. The molecule has 1 aliphatic carbocycles. The smallest absolute Gasteiger partial charge is 0.317 e. The van der Waals surface area contributed by atoms with E-state index in [2.05, 4.69) is 5.32 Å². The van der Waals surface area contributed by atoms with Crippen LogP contribution in [0.15, 0.2) is 0 Å². The second-order valence-corrected chi connectivity index (χ2v) is 5.00. The number of methoxy groups -OCH3 is 1. The van der Waals surface area contributed by atoms with E-state index in [1.807, 2.05) is 0 Å². The van der Waals surface area contributed by atoms with Crippen LogP contribution in [0.3, 0.4) is 0 Å². The molecular formula is C13H24N2O5. The second-order valence-electron chi connectivity index (χ2n) is 5.00. The van der Waals surface area contributed by atoms with E-state index in [0.29, 0.717) is 13.0 Å². The van der Waals surface area contributed by atoms with E-state index in [4.69, 9.17) is 14.9 Å². The fourth-order valence-electron chi connectivity index (χ4n) is 2.13. The quantitative estimate of drug-likeness (QED) is 0.571. The standard InChI is InChI=1S/C13H24N2O5/c1-20-11(8-12(17)18)9-14-13(19)15(6-3-7-16)10-4-2-5-10/h10-11,16H,2-9H2,1H3,(H,14,19)(H,17,18). The number of carbonyl (C=O) groups excluding carboxylic acids is 1. The molecule has 0 aromatic rings. The zero-order valence-corrected chi connectivity index (χ0v) is 11.9. The number of aliphatic carboxylic acids is 1. The number of urea groups is 1. The summed E-state index contributed by atoms with van der Waals surface area (Å²) in [7, 11) is 1.43. The van der Waals surface area contributed by atoms with Crippen molar-refractivity contribution >= 4 is 12.0 Å². The van der Waals surface area contributed by atoms with Gasteiger partial charge in [0.1, 0.15) is 0 Å². The Bertz CT molecular complexity index is 320. The highest BCUT2D eigenvalue weighted by atomic mass is 16.5. The third-order valence-electron chi connectivity index (χ3n) is 3.55. The molecule has 0 bridgehead atoms. The number of amides is 2. The maximum Gasteiger partial charge on any atom is 0.317 e. The SMILES string of the molecule is COC(CNC(=O)N(CCCO)C1CCC1)CC(=O)O. The number of carbonyl (C=O) groups is 2. The van der Waals surface area contributed by atoms with Gasteiger partial charge in [0.2, 0.25) is 0 Å². The van der Waals surface area contributed by atoms with Gasteiger partial charge in [-0.3, -0.25) is 4.79 Å². The van der Waals surface area contributed by atoms with E-state index in [-0.39, 0.29) is 31.6 Å². The fourth-order valence-corrected chi connectivity index (χ4v) is 2.13. The van der Waals surface area contributed by atoms with Gasteiger partial charge in [-0.1, -0.05) is 0 Å². The summed E-state index contributed by atoms with van der Waals surface area (Å²) in [5.41, 5.74) is 0. The molecule has 0 radical (unpaired) electrons. The molecule has 0 aromatic heterocycles. The van der Waals surface area contributed by atoms with Crippen LogP contribution in [0, 0.1) is 0 Å². The summed E-state index contributed by atoms with van der Waals surface area (Å²) in [5, 5.41) is 20.3. The van der Waals surface area contributed by atoms with E-state index in [1.54, 1.807) is 4.90 Å². The molecule has 1 unspecified atom stereocenters. The van der Waals surface area contributed by atoms with Crippen molar-refractivity contribution in [3.8, 4) is 0 Å². The molecule has 7 heteroatoms. The van der Waals surface area contributed by atoms with Gasteiger partial charge >= 0.3 is 12.0 Å². The van der Waals surface area contributed by atoms with Crippen molar-refractivity contribution in [1.29, 1.82) is 0 Å². The minimum Gasteiger partial charge on any atom is -0.481 e. The van der Waals surface area contributed by atoms with Gasteiger partial charge in [0.05, 0.1) is 12.5 Å². The van der Waals surface area contributed by atoms with E-state index >= 15 is 0 Å². The van der Waals surface area contributed by atoms with Gasteiger partial charge in [-0.15, -0.1) is 0 Å². The molecule has 1 aliphatic rings. The van der Waals surface area contributed by atoms with Crippen molar-refractivity contribution in [2.24, 2.45) is 0 Å². The van der Waals surface area contributed by atoms with Crippen LogP contribution in [-0.2, 0) is 9.53 Å². The van der Waals surface area contributed by atoms with Gasteiger partial charge in [-0.25, -0.2) is 4.79 Å². The van der Waals surface area contributed by atoms with Crippen LogP contribution in [0.5, 0.6) is 0 Å². The number of aliphatic hydroxyl groups is 1. The fraction of sp³-hybridized carbons (Fsp3) is 0.846. The summed E-state index contributed by atoms with van der Waals surface area (Å²) in [4.78, 5) is 24.5. The number of aliphatic hydroxyl groups excluding tert-OH is 1. The van der Waals surface area contributed by atoms with Crippen molar-refractivity contribution in [2.45, 2.75) is 44.2 Å². The lowest BCUT2D eigenvalue weighted by molar-refractivity contribution is -0.139. The largest absolute Gasteiger partial charge is 0.481 e. The number of rotatable bonds is 9. The maximum atomic E-state index is 12.1. The van der Waals surface area contributed by atoms with Crippen molar-refractivity contribution in [2.75, 3.05) is 26.8 Å². The van der Waals surface area contributed by atoms with Crippen molar-refractivity contribution in [3.05, 3.63) is 0 Å². The Morgan fingerprint density at radius 3 is 2.60 bits per heavy atom. The normalized spacial score (nSPS) is 16.3. The van der Waals surface area contributed by atoms with Gasteiger partial charge in [-0.05, 0) is 25.7 Å². The van der Waals surface area contributed by atoms with E-state index in [1.165, 1.54) is 7.11 Å². The number of carboxylic acids is 1. The highest BCUT2D eigenvalue weighted by Gasteiger charge is 2.28. The molecule has 1 rings (SSSR count). The Labute approximate surface area is 118 Å². The minimum absolute atomic E-state index is 0.0518. The number of carboxylic acid groups (broad SMARTS) is 1. The van der Waals surface area contributed by atoms with Gasteiger partial charge in [-0.2, -0.15) is 0 Å². The molecule has 116 valence electrons. The van der Waals surface area contributed by atoms with E-state index in [9.17, 15) is 9.59 Å². The average Bonchev–Trinajstić information content (AvgIpc) is 2.36. The lowest BCUT2D eigenvalue weighted by Gasteiger charge is -2.37. The van der Waals surface area contributed by atoms with Gasteiger partial charge < -0.3 is 25.2 Å². The predicted octanol–water partition coefficient (Wildman–Crippen LogP) is 0.423. The Balaban J connectivity index is 2.41. The average molecular weight is 288 g/mol. The summed E-state index contributed by atoms with van der Waals surface area (Å²) in [6.45, 7) is 0.740. The molecule has 0 heterocycles. The lowest BCUT2D eigenvalue weighted by Crippen LogP contribution is -2.51. The van der Waals surface area contributed by atoms with Crippen LogP contribution in [-0.4, -0.2) is 66.1 Å². The zero-order chi connectivity index (χ0) is 15.0. The topological polar surface area (TPSA) is 99.1 Å². The Morgan fingerprint density at radius 1 is 1.45 bits per heavy atom. The third kappa shape index (κ3) is 5.34. The first-order valence-electron chi connectivity index (χ1n) is 6.98. The van der Waals surface area contributed by atoms with Crippen LogP contribution in [0.4, 0.5) is 4.79 Å². The lowest BCUT2D eigenvalue weighted by atomic mass is 9.91. The summed E-state index contributed by atoms with van der Waals surface area (Å²) in [5.74, 6) is -0.956. The molecule has 0 aromatic carbocycles. The second kappa shape index (κ2) is 8.76. The highest BCUT2D eigenvalue weighted by molar-refractivity contribution is 5.75. The van der Waals surface area contributed by atoms with Crippen LogP contribution in [0.1, 0.15) is 32.1 Å². The molecule has 0 spiro atoms. The third-order valence-corrected chi connectivity index (χ3v) is 3.55. The minimum atomic E-state index is -0.956. The van der Waals surface area contributed by atoms with Crippen molar-refractivity contribution in [1.82, 2.24) is 10.2 Å². The first-order chi connectivity index (χ1) is 9.58. The number of nitrogens with zero attached hydrogens (tertiary/aromatic N) is 1. The van der Waals surface area contributed by atoms with Crippen LogP contribution in [0.25, 0.3) is 0 Å². The zero-order valence-electron chi connectivity index (χ0n) is 11.9. The molecular weight excluding hydrogens is 264 g/mol. The van der Waals surface area contributed by atoms with Crippen LogP contribution >= 0.6 is 0 Å². The first kappa shape index (κ1) is 16.7.